The molecule has 28 heavy (non-hydrogen) atoms. The number of oxazole rings is 1. The highest BCUT2D eigenvalue weighted by Crippen LogP contribution is 2.30. The Bertz CT molecular complexity index is 1180. The van der Waals surface area contributed by atoms with Crippen molar-refractivity contribution in [2.75, 3.05) is 6.54 Å². The van der Waals surface area contributed by atoms with Crippen LogP contribution in [0.15, 0.2) is 40.1 Å². The lowest BCUT2D eigenvalue weighted by atomic mass is 10.0. The van der Waals surface area contributed by atoms with Crippen LogP contribution in [0.25, 0.3) is 21.7 Å². The number of hydrogen-bond acceptors (Lipinski definition) is 4. The molecule has 0 saturated carbocycles. The maximum Gasteiger partial charge on any atom is 0.236 e. The zero-order valence-electron chi connectivity index (χ0n) is 15.3. The second-order valence-electron chi connectivity index (χ2n) is 7.01. The summed E-state index contributed by atoms with van der Waals surface area (Å²) in [6, 6.07) is 9.77. The lowest BCUT2D eigenvalue weighted by molar-refractivity contribution is -0.131. The molecule has 1 aliphatic heterocycles. The van der Waals surface area contributed by atoms with Crippen molar-refractivity contribution < 1.29 is 9.21 Å². The summed E-state index contributed by atoms with van der Waals surface area (Å²) < 4.78 is 5.77. The molecule has 4 aromatic rings. The number of nitrogens with one attached hydrogen (secondary N) is 1. The number of amides is 1. The zero-order valence-corrected chi connectivity index (χ0v) is 16.9. The molecular weight excluding hydrogens is 394 g/mol. The van der Waals surface area contributed by atoms with E-state index in [2.05, 4.69) is 9.97 Å². The second kappa shape index (κ2) is 6.79. The Labute approximate surface area is 170 Å². The molecular formula is C21H18ClN3O2S. The maximum absolute atomic E-state index is 13.0. The average Bonchev–Trinajstić information content (AvgIpc) is 3.40. The monoisotopic (exact) mass is 411 g/mol. The molecule has 1 aliphatic rings. The maximum atomic E-state index is 13.0. The van der Waals surface area contributed by atoms with E-state index in [4.69, 9.17) is 16.0 Å². The Kier molecular flexibility index (Phi) is 4.25. The summed E-state index contributed by atoms with van der Waals surface area (Å²) in [5.41, 5.74) is 4.13. The minimum atomic E-state index is 0.0659. The quantitative estimate of drug-likeness (QED) is 0.517. The number of carbonyl (C=O) groups is 1. The number of aromatic amines is 1. The topological polar surface area (TPSA) is 62.1 Å². The van der Waals surface area contributed by atoms with E-state index in [1.807, 2.05) is 47.5 Å². The smallest absolute Gasteiger partial charge is 0.236 e. The molecule has 0 saturated heterocycles. The molecule has 0 atom stereocenters. The van der Waals surface area contributed by atoms with Crippen LogP contribution in [0, 0.1) is 6.92 Å². The normalized spacial score (nSPS) is 13.9. The second-order valence-corrected chi connectivity index (χ2v) is 8.40. The lowest BCUT2D eigenvalue weighted by Gasteiger charge is -2.27. The van der Waals surface area contributed by atoms with E-state index in [-0.39, 0.29) is 12.3 Å². The van der Waals surface area contributed by atoms with Crippen molar-refractivity contribution in [1.82, 2.24) is 14.9 Å². The number of H-pyrrole nitrogens is 1. The fourth-order valence-corrected chi connectivity index (χ4v) is 4.57. The lowest BCUT2D eigenvalue weighted by Crippen LogP contribution is -2.36. The molecule has 0 unspecified atom stereocenters. The number of hydrogen-bond donors (Lipinski definition) is 1. The molecule has 0 fully saturated rings. The molecule has 0 bridgehead atoms. The van der Waals surface area contributed by atoms with Crippen LogP contribution in [-0.2, 0) is 24.2 Å². The fourth-order valence-electron chi connectivity index (χ4n) is 3.75. The number of carbonyl (C=O) groups excluding carboxylic acids is 1. The van der Waals surface area contributed by atoms with Crippen LogP contribution in [0.2, 0.25) is 5.02 Å². The number of rotatable bonds is 3. The van der Waals surface area contributed by atoms with E-state index in [1.54, 1.807) is 11.3 Å². The van der Waals surface area contributed by atoms with Crippen LogP contribution >= 0.6 is 22.9 Å². The summed E-state index contributed by atoms with van der Waals surface area (Å²) in [4.78, 5) is 23.8. The first-order valence-corrected chi connectivity index (χ1v) is 10.4. The molecule has 1 aromatic carbocycles. The first-order valence-electron chi connectivity index (χ1n) is 9.15. The molecule has 0 spiro atoms. The number of thiophene rings is 1. The van der Waals surface area contributed by atoms with Gasteiger partial charge in [0.1, 0.15) is 5.76 Å². The van der Waals surface area contributed by atoms with Gasteiger partial charge in [0, 0.05) is 46.7 Å². The largest absolute Gasteiger partial charge is 0.440 e. The van der Waals surface area contributed by atoms with Crippen LogP contribution in [0.5, 0.6) is 0 Å². The van der Waals surface area contributed by atoms with Crippen molar-refractivity contribution in [2.45, 2.75) is 26.3 Å². The van der Waals surface area contributed by atoms with Crippen molar-refractivity contribution >= 4 is 39.7 Å². The standard InChI is InChI=1S/C21H18ClN3O2S/c1-12-18(24-21(27-12)19-3-2-8-28-19)10-20(26)25-7-6-17-15(11-25)14-9-13(22)4-5-16(14)23-17/h2-5,8-9,23H,6-7,10-11H2,1H3. The van der Waals surface area contributed by atoms with E-state index in [9.17, 15) is 4.79 Å². The number of benzene rings is 1. The highest BCUT2D eigenvalue weighted by atomic mass is 35.5. The van der Waals surface area contributed by atoms with Gasteiger partial charge < -0.3 is 14.3 Å². The van der Waals surface area contributed by atoms with Crippen LogP contribution < -0.4 is 0 Å². The summed E-state index contributed by atoms with van der Waals surface area (Å²) in [6.45, 7) is 3.15. The van der Waals surface area contributed by atoms with Crippen molar-refractivity contribution in [3.8, 4) is 10.8 Å². The predicted octanol–water partition coefficient (Wildman–Crippen LogP) is 4.97. The molecule has 0 aliphatic carbocycles. The van der Waals surface area contributed by atoms with Gasteiger partial charge in [-0.1, -0.05) is 17.7 Å². The zero-order chi connectivity index (χ0) is 19.3. The molecule has 1 amide bonds. The molecule has 5 rings (SSSR count). The number of fused-ring (bicyclic) bond motifs is 3. The minimum Gasteiger partial charge on any atom is -0.440 e. The average molecular weight is 412 g/mol. The van der Waals surface area contributed by atoms with Crippen molar-refractivity contribution in [2.24, 2.45) is 0 Å². The highest BCUT2D eigenvalue weighted by molar-refractivity contribution is 7.13. The Morgan fingerprint density at radius 1 is 1.39 bits per heavy atom. The Hall–Kier alpha value is -2.57. The van der Waals surface area contributed by atoms with E-state index < -0.39 is 0 Å². The van der Waals surface area contributed by atoms with Gasteiger partial charge in [0.05, 0.1) is 17.0 Å². The summed E-state index contributed by atoms with van der Waals surface area (Å²) in [5, 5.41) is 3.79. The van der Waals surface area contributed by atoms with Gasteiger partial charge in [-0.3, -0.25) is 4.79 Å². The number of halogens is 1. The van der Waals surface area contributed by atoms with E-state index in [1.165, 1.54) is 5.69 Å². The van der Waals surface area contributed by atoms with Crippen LogP contribution in [-0.4, -0.2) is 27.3 Å². The first-order chi connectivity index (χ1) is 13.6. The van der Waals surface area contributed by atoms with E-state index in [0.717, 1.165) is 27.8 Å². The third kappa shape index (κ3) is 3.02. The molecule has 0 radical (unpaired) electrons. The summed E-state index contributed by atoms with van der Waals surface area (Å²) >= 11 is 7.75. The summed E-state index contributed by atoms with van der Waals surface area (Å²) in [7, 11) is 0. The SMILES string of the molecule is Cc1oc(-c2cccs2)nc1CC(=O)N1CCc2[nH]c3ccc(Cl)cc3c2C1. The van der Waals surface area contributed by atoms with Crippen molar-refractivity contribution in [1.29, 1.82) is 0 Å². The van der Waals surface area contributed by atoms with Gasteiger partial charge in [0.15, 0.2) is 0 Å². The van der Waals surface area contributed by atoms with Crippen LogP contribution in [0.1, 0.15) is 22.7 Å². The number of nitrogens with zero attached hydrogens (tertiary/aromatic N) is 2. The molecule has 1 N–H and O–H groups in total. The van der Waals surface area contributed by atoms with Gasteiger partial charge in [0.25, 0.3) is 0 Å². The van der Waals surface area contributed by atoms with Gasteiger partial charge in [-0.2, -0.15) is 0 Å². The Balaban J connectivity index is 1.37. The van der Waals surface area contributed by atoms with Gasteiger partial charge in [-0.15, -0.1) is 11.3 Å². The van der Waals surface area contributed by atoms with Crippen LogP contribution in [0.4, 0.5) is 0 Å². The minimum absolute atomic E-state index is 0.0659. The predicted molar refractivity (Wildman–Crippen MR) is 111 cm³/mol. The number of aromatic nitrogens is 2. The highest BCUT2D eigenvalue weighted by Gasteiger charge is 2.25. The summed E-state index contributed by atoms with van der Waals surface area (Å²) in [5.74, 6) is 1.35. The molecule has 7 heteroatoms. The molecule has 4 heterocycles. The van der Waals surface area contributed by atoms with Gasteiger partial charge in [-0.05, 0) is 36.6 Å². The molecule has 5 nitrogen and oxygen atoms in total. The Morgan fingerprint density at radius 3 is 3.11 bits per heavy atom. The fraction of sp³-hybridized carbons (Fsp3) is 0.238. The third-order valence-electron chi connectivity index (χ3n) is 5.23. The number of aryl methyl sites for hydroxylation is 1. The van der Waals surface area contributed by atoms with Gasteiger partial charge in [0.2, 0.25) is 11.8 Å². The van der Waals surface area contributed by atoms with E-state index in [0.29, 0.717) is 35.5 Å². The molecule has 3 aromatic heterocycles. The Morgan fingerprint density at radius 2 is 2.29 bits per heavy atom. The summed E-state index contributed by atoms with van der Waals surface area (Å²) in [6.07, 6.45) is 1.06. The third-order valence-corrected chi connectivity index (χ3v) is 6.33. The first kappa shape index (κ1) is 17.5. The van der Waals surface area contributed by atoms with Crippen LogP contribution in [0.3, 0.4) is 0 Å². The van der Waals surface area contributed by atoms with Gasteiger partial charge >= 0.3 is 0 Å². The molecule has 142 valence electrons. The van der Waals surface area contributed by atoms with Crippen molar-refractivity contribution in [3.63, 3.8) is 0 Å². The van der Waals surface area contributed by atoms with Gasteiger partial charge in [-0.25, -0.2) is 4.98 Å². The van der Waals surface area contributed by atoms with E-state index >= 15 is 0 Å². The van der Waals surface area contributed by atoms with Crippen molar-refractivity contribution in [3.05, 3.63) is 63.4 Å².